The largest absolute Gasteiger partial charge is 0.326 e. The van der Waals surface area contributed by atoms with E-state index in [2.05, 4.69) is 20.8 Å². The van der Waals surface area contributed by atoms with Crippen molar-refractivity contribution in [3.8, 4) is 0 Å². The molecular weight excluding hydrogens is 176 g/mol. The van der Waals surface area contributed by atoms with Crippen molar-refractivity contribution >= 4 is 0 Å². The van der Waals surface area contributed by atoms with Gasteiger partial charge >= 0.3 is 0 Å². The lowest BCUT2D eigenvalue weighted by Crippen LogP contribution is -2.26. The number of rotatable bonds is 2. The third-order valence-electron chi connectivity index (χ3n) is 1.93. The minimum absolute atomic E-state index is 0.0390. The standard InChI is InChI=1S/C11H18N2O/c1-11(2,3)8-13-7-9(6-12)4-5-10(13)14/h4-5,7H,6,8,12H2,1-3H3. The Morgan fingerprint density at radius 2 is 2.00 bits per heavy atom. The van der Waals surface area contributed by atoms with E-state index in [0.717, 1.165) is 12.1 Å². The van der Waals surface area contributed by atoms with E-state index in [9.17, 15) is 4.79 Å². The van der Waals surface area contributed by atoms with Gasteiger partial charge in [0.15, 0.2) is 0 Å². The van der Waals surface area contributed by atoms with Crippen molar-refractivity contribution < 1.29 is 0 Å². The summed E-state index contributed by atoms with van der Waals surface area (Å²) in [6.07, 6.45) is 1.84. The van der Waals surface area contributed by atoms with Gasteiger partial charge in [-0.25, -0.2) is 0 Å². The molecule has 0 aliphatic carbocycles. The zero-order chi connectivity index (χ0) is 10.8. The number of hydrogen-bond acceptors (Lipinski definition) is 2. The van der Waals surface area contributed by atoms with Gasteiger partial charge in [0.25, 0.3) is 5.56 Å². The Labute approximate surface area is 84.6 Å². The van der Waals surface area contributed by atoms with E-state index in [-0.39, 0.29) is 11.0 Å². The van der Waals surface area contributed by atoms with Gasteiger partial charge < -0.3 is 10.3 Å². The third kappa shape index (κ3) is 3.00. The summed E-state index contributed by atoms with van der Waals surface area (Å²) in [5.41, 5.74) is 6.66. The van der Waals surface area contributed by atoms with E-state index in [1.54, 1.807) is 16.7 Å². The van der Waals surface area contributed by atoms with Crippen LogP contribution < -0.4 is 11.3 Å². The van der Waals surface area contributed by atoms with Crippen molar-refractivity contribution in [1.82, 2.24) is 4.57 Å². The topological polar surface area (TPSA) is 48.0 Å². The highest BCUT2D eigenvalue weighted by atomic mass is 16.1. The highest BCUT2D eigenvalue weighted by molar-refractivity contribution is 5.09. The van der Waals surface area contributed by atoms with Crippen LogP contribution >= 0.6 is 0 Å². The van der Waals surface area contributed by atoms with Crippen molar-refractivity contribution in [1.29, 1.82) is 0 Å². The molecule has 0 aliphatic rings. The second kappa shape index (κ2) is 3.96. The second-order valence-electron chi connectivity index (χ2n) is 4.77. The highest BCUT2D eigenvalue weighted by Gasteiger charge is 2.11. The first-order valence-corrected chi connectivity index (χ1v) is 4.82. The molecule has 1 rings (SSSR count). The first kappa shape index (κ1) is 11.0. The predicted molar refractivity (Wildman–Crippen MR) is 58.0 cm³/mol. The molecule has 78 valence electrons. The molecule has 1 aromatic heterocycles. The van der Waals surface area contributed by atoms with Crippen molar-refractivity contribution in [2.24, 2.45) is 11.1 Å². The lowest BCUT2D eigenvalue weighted by atomic mass is 9.97. The predicted octanol–water partition coefficient (Wildman–Crippen LogP) is 1.35. The normalized spacial score (nSPS) is 11.7. The molecule has 1 heterocycles. The van der Waals surface area contributed by atoms with Gasteiger partial charge in [-0.3, -0.25) is 4.79 Å². The van der Waals surface area contributed by atoms with Gasteiger partial charge in [0.05, 0.1) is 0 Å². The van der Waals surface area contributed by atoms with Crippen molar-refractivity contribution in [2.75, 3.05) is 0 Å². The summed E-state index contributed by atoms with van der Waals surface area (Å²) in [6.45, 7) is 7.52. The molecule has 0 spiro atoms. The molecule has 3 heteroatoms. The van der Waals surface area contributed by atoms with E-state index in [1.165, 1.54) is 0 Å². The second-order valence-corrected chi connectivity index (χ2v) is 4.77. The van der Waals surface area contributed by atoms with Crippen LogP contribution in [0.25, 0.3) is 0 Å². The Morgan fingerprint density at radius 3 is 2.50 bits per heavy atom. The smallest absolute Gasteiger partial charge is 0.250 e. The number of nitrogens with zero attached hydrogens (tertiary/aromatic N) is 1. The molecular formula is C11H18N2O. The van der Waals surface area contributed by atoms with Gasteiger partial charge in [-0.15, -0.1) is 0 Å². The van der Waals surface area contributed by atoms with Crippen LogP contribution in [0, 0.1) is 5.41 Å². The maximum Gasteiger partial charge on any atom is 0.250 e. The molecule has 0 aliphatic heterocycles. The van der Waals surface area contributed by atoms with E-state index in [4.69, 9.17) is 5.73 Å². The van der Waals surface area contributed by atoms with Gasteiger partial charge in [0.1, 0.15) is 0 Å². The maximum atomic E-state index is 11.5. The number of pyridine rings is 1. The molecule has 0 saturated heterocycles. The fourth-order valence-electron chi connectivity index (χ4n) is 1.34. The molecule has 14 heavy (non-hydrogen) atoms. The van der Waals surface area contributed by atoms with E-state index >= 15 is 0 Å². The Kier molecular flexibility index (Phi) is 3.11. The van der Waals surface area contributed by atoms with Gasteiger partial charge in [-0.2, -0.15) is 0 Å². The van der Waals surface area contributed by atoms with Gasteiger partial charge in [-0.1, -0.05) is 26.8 Å². The van der Waals surface area contributed by atoms with Crippen molar-refractivity contribution in [3.05, 3.63) is 34.2 Å². The lowest BCUT2D eigenvalue weighted by Gasteiger charge is -2.19. The molecule has 3 nitrogen and oxygen atoms in total. The Balaban J connectivity index is 3.01. The third-order valence-corrected chi connectivity index (χ3v) is 1.93. The van der Waals surface area contributed by atoms with Crippen LogP contribution in [0.3, 0.4) is 0 Å². The summed E-state index contributed by atoms with van der Waals surface area (Å²) in [5, 5.41) is 0. The minimum Gasteiger partial charge on any atom is -0.326 e. The molecule has 0 radical (unpaired) electrons. The molecule has 1 aromatic rings. The maximum absolute atomic E-state index is 11.5. The average Bonchev–Trinajstić information content (AvgIpc) is 2.06. The van der Waals surface area contributed by atoms with Crippen LogP contribution in [0.5, 0.6) is 0 Å². The average molecular weight is 194 g/mol. The summed E-state index contributed by atoms with van der Waals surface area (Å²) < 4.78 is 1.72. The van der Waals surface area contributed by atoms with E-state index < -0.39 is 0 Å². The molecule has 2 N–H and O–H groups in total. The molecule has 0 unspecified atom stereocenters. The molecule has 0 bridgehead atoms. The number of nitrogens with two attached hydrogens (primary N) is 1. The Morgan fingerprint density at radius 1 is 1.36 bits per heavy atom. The van der Waals surface area contributed by atoms with Crippen molar-refractivity contribution in [3.63, 3.8) is 0 Å². The first-order chi connectivity index (χ1) is 6.42. The molecule has 0 aromatic carbocycles. The molecule has 0 amide bonds. The van der Waals surface area contributed by atoms with Crippen LogP contribution in [0.4, 0.5) is 0 Å². The zero-order valence-electron chi connectivity index (χ0n) is 9.08. The molecule has 0 saturated carbocycles. The Hall–Kier alpha value is -1.09. The fraction of sp³-hybridized carbons (Fsp3) is 0.545. The summed E-state index contributed by atoms with van der Waals surface area (Å²) in [4.78, 5) is 11.5. The SMILES string of the molecule is CC(C)(C)Cn1cc(CN)ccc1=O. The number of hydrogen-bond donors (Lipinski definition) is 1. The highest BCUT2D eigenvalue weighted by Crippen LogP contribution is 2.14. The lowest BCUT2D eigenvalue weighted by molar-refractivity contribution is 0.338. The summed E-state index contributed by atoms with van der Waals surface area (Å²) in [6, 6.07) is 3.36. The number of aromatic nitrogens is 1. The zero-order valence-corrected chi connectivity index (χ0v) is 9.08. The monoisotopic (exact) mass is 194 g/mol. The summed E-state index contributed by atoms with van der Waals surface area (Å²) >= 11 is 0. The minimum atomic E-state index is 0.0390. The van der Waals surface area contributed by atoms with Crippen LogP contribution in [0.1, 0.15) is 26.3 Å². The van der Waals surface area contributed by atoms with Crippen LogP contribution in [0.15, 0.2) is 23.1 Å². The van der Waals surface area contributed by atoms with Crippen molar-refractivity contribution in [2.45, 2.75) is 33.9 Å². The van der Waals surface area contributed by atoms with Crippen LogP contribution in [-0.2, 0) is 13.1 Å². The van der Waals surface area contributed by atoms with Gasteiger partial charge in [0.2, 0.25) is 0 Å². The van der Waals surface area contributed by atoms with E-state index in [1.807, 2.05) is 6.20 Å². The fourth-order valence-corrected chi connectivity index (χ4v) is 1.34. The quantitative estimate of drug-likeness (QED) is 0.772. The Bertz CT molecular complexity index is 360. The first-order valence-electron chi connectivity index (χ1n) is 4.82. The van der Waals surface area contributed by atoms with Gasteiger partial charge in [0, 0.05) is 25.4 Å². The molecule has 0 fully saturated rings. The summed E-state index contributed by atoms with van der Waals surface area (Å²) in [5.74, 6) is 0. The molecule has 0 atom stereocenters. The van der Waals surface area contributed by atoms with E-state index in [0.29, 0.717) is 6.54 Å². The van der Waals surface area contributed by atoms with Crippen LogP contribution in [0.2, 0.25) is 0 Å². The van der Waals surface area contributed by atoms with Crippen LogP contribution in [-0.4, -0.2) is 4.57 Å². The van der Waals surface area contributed by atoms with Gasteiger partial charge in [-0.05, 0) is 11.0 Å². The summed E-state index contributed by atoms with van der Waals surface area (Å²) in [7, 11) is 0.